The van der Waals surface area contributed by atoms with Crippen LogP contribution in [-0.4, -0.2) is 61.1 Å². The van der Waals surface area contributed by atoms with Crippen molar-refractivity contribution in [3.8, 4) is 5.75 Å². The second-order valence-electron chi connectivity index (χ2n) is 6.55. The average Bonchev–Trinajstić information content (AvgIpc) is 3.10. The number of nitrogens with two attached hydrogens (primary N) is 1. The second kappa shape index (κ2) is 7.79. The van der Waals surface area contributed by atoms with Crippen LogP contribution in [0.3, 0.4) is 0 Å². The molecule has 0 aromatic heterocycles. The predicted molar refractivity (Wildman–Crippen MR) is 90.7 cm³/mol. The third-order valence-corrected chi connectivity index (χ3v) is 5.03. The number of hydrogen-bond acceptors (Lipinski definition) is 4. The third kappa shape index (κ3) is 4.45. The number of rotatable bonds is 6. The summed E-state index contributed by atoms with van der Waals surface area (Å²) in [5, 5.41) is 0. The Labute approximate surface area is 138 Å². The van der Waals surface area contributed by atoms with Crippen LogP contribution in [0.15, 0.2) is 24.3 Å². The third-order valence-electron chi connectivity index (χ3n) is 5.03. The van der Waals surface area contributed by atoms with Crippen LogP contribution in [0.1, 0.15) is 36.0 Å². The molecule has 126 valence electrons. The molecule has 1 amide bonds. The van der Waals surface area contributed by atoms with Gasteiger partial charge in [0.05, 0.1) is 0 Å². The Morgan fingerprint density at radius 2 is 1.74 bits per heavy atom. The van der Waals surface area contributed by atoms with Crippen molar-refractivity contribution in [2.45, 2.75) is 31.7 Å². The number of nitrogens with zero attached hydrogens (tertiary/aromatic N) is 2. The van der Waals surface area contributed by atoms with Crippen molar-refractivity contribution < 1.29 is 9.53 Å². The summed E-state index contributed by atoms with van der Waals surface area (Å²) in [6.07, 6.45) is 5.33. The lowest BCUT2D eigenvalue weighted by molar-refractivity contribution is 0.1000. The smallest absolute Gasteiger partial charge is 0.248 e. The van der Waals surface area contributed by atoms with E-state index in [0.717, 1.165) is 18.3 Å². The number of carbonyl (C=O) groups excluding carboxylic acids is 1. The fourth-order valence-corrected chi connectivity index (χ4v) is 3.62. The first kappa shape index (κ1) is 16.3. The van der Waals surface area contributed by atoms with Gasteiger partial charge in [-0.15, -0.1) is 0 Å². The van der Waals surface area contributed by atoms with Gasteiger partial charge >= 0.3 is 0 Å². The first-order valence-electron chi connectivity index (χ1n) is 8.71. The van der Waals surface area contributed by atoms with Crippen LogP contribution in [0.4, 0.5) is 0 Å². The standard InChI is InChI=1S/C18H27N3O2/c19-18(22)15-3-5-17(6-4-15)23-14-13-20-11-7-16(8-12-20)21-9-1-2-10-21/h3-6,16H,1-2,7-14H2,(H2,19,22). The molecule has 0 unspecified atom stereocenters. The van der Waals surface area contributed by atoms with Crippen molar-refractivity contribution >= 4 is 5.91 Å². The Kier molecular flexibility index (Phi) is 5.51. The van der Waals surface area contributed by atoms with Crippen molar-refractivity contribution in [1.29, 1.82) is 0 Å². The maximum Gasteiger partial charge on any atom is 0.248 e. The number of benzene rings is 1. The molecule has 2 aliphatic heterocycles. The predicted octanol–water partition coefficient (Wildman–Crippen LogP) is 1.72. The second-order valence-corrected chi connectivity index (χ2v) is 6.55. The zero-order valence-corrected chi connectivity index (χ0v) is 13.7. The lowest BCUT2D eigenvalue weighted by Crippen LogP contribution is -2.44. The summed E-state index contributed by atoms with van der Waals surface area (Å²) in [7, 11) is 0. The number of amides is 1. The van der Waals surface area contributed by atoms with E-state index in [0.29, 0.717) is 12.2 Å². The van der Waals surface area contributed by atoms with Gasteiger partial charge in [-0.2, -0.15) is 0 Å². The maximum atomic E-state index is 11.0. The molecule has 2 N–H and O–H groups in total. The van der Waals surface area contributed by atoms with Gasteiger partial charge in [-0.3, -0.25) is 9.69 Å². The molecule has 0 spiro atoms. The summed E-state index contributed by atoms with van der Waals surface area (Å²) in [4.78, 5) is 16.2. The summed E-state index contributed by atoms with van der Waals surface area (Å²) >= 11 is 0. The topological polar surface area (TPSA) is 58.8 Å². The van der Waals surface area contributed by atoms with Crippen LogP contribution in [-0.2, 0) is 0 Å². The van der Waals surface area contributed by atoms with Gasteiger partial charge in [0.1, 0.15) is 12.4 Å². The van der Waals surface area contributed by atoms with Gasteiger partial charge in [0.25, 0.3) is 0 Å². The monoisotopic (exact) mass is 317 g/mol. The fraction of sp³-hybridized carbons (Fsp3) is 0.611. The number of carbonyl (C=O) groups is 1. The Morgan fingerprint density at radius 1 is 1.09 bits per heavy atom. The van der Waals surface area contributed by atoms with E-state index in [4.69, 9.17) is 10.5 Å². The number of hydrogen-bond donors (Lipinski definition) is 1. The largest absolute Gasteiger partial charge is 0.492 e. The molecule has 0 bridgehead atoms. The highest BCUT2D eigenvalue weighted by Gasteiger charge is 2.26. The van der Waals surface area contributed by atoms with Gasteiger partial charge in [-0.05, 0) is 76.1 Å². The van der Waals surface area contributed by atoms with E-state index in [2.05, 4.69) is 9.80 Å². The van der Waals surface area contributed by atoms with Gasteiger partial charge in [0.2, 0.25) is 5.91 Å². The minimum atomic E-state index is -0.405. The zero-order valence-electron chi connectivity index (χ0n) is 13.7. The highest BCUT2D eigenvalue weighted by atomic mass is 16.5. The molecule has 2 heterocycles. The van der Waals surface area contributed by atoms with E-state index in [-0.39, 0.29) is 0 Å². The molecule has 2 saturated heterocycles. The van der Waals surface area contributed by atoms with Crippen LogP contribution in [0, 0.1) is 0 Å². The molecule has 0 aliphatic carbocycles. The van der Waals surface area contributed by atoms with Gasteiger partial charge in [-0.25, -0.2) is 0 Å². The van der Waals surface area contributed by atoms with Crippen molar-refractivity contribution in [2.24, 2.45) is 5.73 Å². The van der Waals surface area contributed by atoms with Gasteiger partial charge in [-0.1, -0.05) is 0 Å². The number of piperidine rings is 1. The van der Waals surface area contributed by atoms with Crippen LogP contribution in [0.25, 0.3) is 0 Å². The van der Waals surface area contributed by atoms with E-state index in [9.17, 15) is 4.79 Å². The first-order chi connectivity index (χ1) is 11.2. The molecule has 5 heteroatoms. The van der Waals surface area contributed by atoms with E-state index in [1.54, 1.807) is 24.3 Å². The summed E-state index contributed by atoms with van der Waals surface area (Å²) < 4.78 is 5.77. The number of ether oxygens (including phenoxy) is 1. The van der Waals surface area contributed by atoms with Crippen LogP contribution in [0.5, 0.6) is 5.75 Å². The minimum Gasteiger partial charge on any atom is -0.492 e. The van der Waals surface area contributed by atoms with Crippen molar-refractivity contribution in [3.05, 3.63) is 29.8 Å². The van der Waals surface area contributed by atoms with Gasteiger partial charge < -0.3 is 15.4 Å². The van der Waals surface area contributed by atoms with Crippen LogP contribution >= 0.6 is 0 Å². The van der Waals surface area contributed by atoms with Gasteiger partial charge in [0, 0.05) is 18.2 Å². The first-order valence-corrected chi connectivity index (χ1v) is 8.71. The summed E-state index contributed by atoms with van der Waals surface area (Å²) in [5.74, 6) is 0.388. The molecule has 5 nitrogen and oxygen atoms in total. The lowest BCUT2D eigenvalue weighted by atomic mass is 10.0. The van der Waals surface area contributed by atoms with Crippen molar-refractivity contribution in [3.63, 3.8) is 0 Å². The Bertz CT molecular complexity index is 504. The lowest BCUT2D eigenvalue weighted by Gasteiger charge is -2.36. The Morgan fingerprint density at radius 3 is 2.35 bits per heavy atom. The molecule has 0 radical (unpaired) electrons. The molecule has 1 aromatic rings. The Hall–Kier alpha value is -1.59. The summed E-state index contributed by atoms with van der Waals surface area (Å²) in [5.41, 5.74) is 5.74. The number of primary amides is 1. The summed E-state index contributed by atoms with van der Waals surface area (Å²) in [6.45, 7) is 6.59. The normalized spacial score (nSPS) is 20.7. The number of likely N-dealkylation sites (tertiary alicyclic amines) is 2. The van der Waals surface area contributed by atoms with E-state index < -0.39 is 5.91 Å². The molecule has 0 atom stereocenters. The van der Waals surface area contributed by atoms with Crippen LogP contribution in [0.2, 0.25) is 0 Å². The Balaban J connectivity index is 1.35. The minimum absolute atomic E-state index is 0.405. The van der Waals surface area contributed by atoms with Crippen molar-refractivity contribution in [2.75, 3.05) is 39.3 Å². The maximum absolute atomic E-state index is 11.0. The molecule has 0 saturated carbocycles. The summed E-state index contributed by atoms with van der Waals surface area (Å²) in [6, 6.07) is 7.83. The average molecular weight is 317 g/mol. The molecule has 2 aliphatic rings. The van der Waals surface area contributed by atoms with Crippen LogP contribution < -0.4 is 10.5 Å². The van der Waals surface area contributed by atoms with Crippen molar-refractivity contribution in [1.82, 2.24) is 9.80 Å². The van der Waals surface area contributed by atoms with E-state index >= 15 is 0 Å². The quantitative estimate of drug-likeness (QED) is 0.868. The highest BCUT2D eigenvalue weighted by molar-refractivity contribution is 5.92. The van der Waals surface area contributed by atoms with Gasteiger partial charge in [0.15, 0.2) is 0 Å². The van der Waals surface area contributed by atoms with E-state index in [1.165, 1.54) is 51.9 Å². The zero-order chi connectivity index (χ0) is 16.1. The molecule has 3 rings (SSSR count). The SMILES string of the molecule is NC(=O)c1ccc(OCCN2CCC(N3CCCC3)CC2)cc1. The highest BCUT2D eigenvalue weighted by Crippen LogP contribution is 2.21. The molecule has 23 heavy (non-hydrogen) atoms. The molecular weight excluding hydrogens is 290 g/mol. The molecule has 1 aromatic carbocycles. The molecular formula is C18H27N3O2. The van der Waals surface area contributed by atoms with E-state index in [1.807, 2.05) is 0 Å². The fourth-order valence-electron chi connectivity index (χ4n) is 3.62. The molecule has 2 fully saturated rings.